The summed E-state index contributed by atoms with van der Waals surface area (Å²) < 4.78 is 0. The SMILES string of the molecule is NC(=O)NCCCCC(=O)N1CC23CCCCC2(C1)CN(C(=O)c1ncnc2[nH]ccc12)C3. The lowest BCUT2D eigenvalue weighted by molar-refractivity contribution is -0.131. The summed E-state index contributed by atoms with van der Waals surface area (Å²) in [5.74, 6) is 0.128. The van der Waals surface area contributed by atoms with Gasteiger partial charge < -0.3 is 25.8 Å². The molecule has 2 saturated heterocycles. The Morgan fingerprint density at radius 2 is 1.73 bits per heavy atom. The van der Waals surface area contributed by atoms with Crippen LogP contribution in [0.15, 0.2) is 18.6 Å². The van der Waals surface area contributed by atoms with Crippen LogP contribution in [0.3, 0.4) is 0 Å². The average Bonchev–Trinajstić information content (AvgIpc) is 3.48. The quantitative estimate of drug-likeness (QED) is 0.571. The molecule has 176 valence electrons. The molecule has 2 aliphatic heterocycles. The van der Waals surface area contributed by atoms with E-state index in [9.17, 15) is 14.4 Å². The molecule has 1 aliphatic carbocycles. The maximum atomic E-state index is 13.5. The van der Waals surface area contributed by atoms with Gasteiger partial charge in [0.1, 0.15) is 17.7 Å². The number of rotatable bonds is 6. The molecule has 2 atom stereocenters. The minimum atomic E-state index is -0.533. The Morgan fingerprint density at radius 3 is 2.42 bits per heavy atom. The first-order valence-corrected chi connectivity index (χ1v) is 11.8. The predicted octanol–water partition coefficient (Wildman–Crippen LogP) is 1.64. The minimum absolute atomic E-state index is 0.0333. The van der Waals surface area contributed by atoms with Crippen LogP contribution >= 0.6 is 0 Å². The standard InChI is InChI=1S/C23H31N7O3/c24-21(33)26-9-4-1-5-17(31)29-11-22-7-2-3-8-23(22,12-29)14-30(13-22)20(32)18-16-6-10-25-19(16)28-15-27-18/h6,10,15H,1-5,7-9,11-14H2,(H3,24,26,33)(H,25,27,28). The second-order valence-electron chi connectivity index (χ2n) is 9.89. The number of unbranched alkanes of at least 4 members (excludes halogenated alkanes) is 1. The van der Waals surface area contributed by atoms with Gasteiger partial charge in [0.25, 0.3) is 5.91 Å². The van der Waals surface area contributed by atoms with E-state index in [0.29, 0.717) is 37.4 Å². The largest absolute Gasteiger partial charge is 0.352 e. The van der Waals surface area contributed by atoms with E-state index in [1.165, 1.54) is 6.33 Å². The van der Waals surface area contributed by atoms with Crippen molar-refractivity contribution in [2.75, 3.05) is 32.7 Å². The number of hydrogen-bond donors (Lipinski definition) is 3. The van der Waals surface area contributed by atoms with Crippen molar-refractivity contribution < 1.29 is 14.4 Å². The molecular formula is C23H31N7O3. The van der Waals surface area contributed by atoms with Gasteiger partial charge in [-0.3, -0.25) is 9.59 Å². The van der Waals surface area contributed by atoms with E-state index in [-0.39, 0.29) is 22.6 Å². The normalized spacial score (nSPS) is 26.3. The van der Waals surface area contributed by atoms with Crippen LogP contribution < -0.4 is 11.1 Å². The molecule has 2 aromatic rings. The van der Waals surface area contributed by atoms with Crippen molar-refractivity contribution >= 4 is 28.9 Å². The molecule has 2 unspecified atom stereocenters. The second-order valence-corrected chi connectivity index (χ2v) is 9.89. The molecule has 3 aliphatic rings. The van der Waals surface area contributed by atoms with E-state index in [4.69, 9.17) is 5.73 Å². The van der Waals surface area contributed by atoms with Crippen molar-refractivity contribution in [2.24, 2.45) is 16.6 Å². The Kier molecular flexibility index (Phi) is 5.46. The van der Waals surface area contributed by atoms with Gasteiger partial charge >= 0.3 is 6.03 Å². The summed E-state index contributed by atoms with van der Waals surface area (Å²) in [6, 6.07) is 1.32. The number of carbonyl (C=O) groups is 3. The number of fused-ring (bicyclic) bond motifs is 1. The molecule has 10 nitrogen and oxygen atoms in total. The molecular weight excluding hydrogens is 422 g/mol. The molecule has 0 spiro atoms. The van der Waals surface area contributed by atoms with Crippen molar-refractivity contribution in [2.45, 2.75) is 44.9 Å². The summed E-state index contributed by atoms with van der Waals surface area (Å²) in [5.41, 5.74) is 6.13. The molecule has 3 fully saturated rings. The molecule has 0 bridgehead atoms. The van der Waals surface area contributed by atoms with Crippen LogP contribution in [0.1, 0.15) is 55.4 Å². The van der Waals surface area contributed by atoms with Crippen molar-refractivity contribution in [1.29, 1.82) is 0 Å². The van der Waals surface area contributed by atoms with Crippen LogP contribution in [-0.4, -0.2) is 75.3 Å². The number of primary amides is 1. The number of H-pyrrole nitrogens is 1. The maximum absolute atomic E-state index is 13.5. The van der Waals surface area contributed by atoms with Crippen molar-refractivity contribution in [1.82, 2.24) is 30.1 Å². The molecule has 0 radical (unpaired) electrons. The Morgan fingerprint density at radius 1 is 1.03 bits per heavy atom. The zero-order chi connectivity index (χ0) is 23.1. The third kappa shape index (κ3) is 3.71. The highest BCUT2D eigenvalue weighted by molar-refractivity contribution is 6.03. The third-order valence-electron chi connectivity index (χ3n) is 7.97. The van der Waals surface area contributed by atoms with Crippen LogP contribution in [0.4, 0.5) is 4.79 Å². The van der Waals surface area contributed by atoms with E-state index in [1.54, 1.807) is 6.20 Å². The number of amides is 4. The van der Waals surface area contributed by atoms with Gasteiger partial charge in [0, 0.05) is 56.2 Å². The topological polar surface area (TPSA) is 137 Å². The van der Waals surface area contributed by atoms with Gasteiger partial charge in [0.15, 0.2) is 0 Å². The summed E-state index contributed by atoms with van der Waals surface area (Å²) in [6.07, 6.45) is 9.51. The van der Waals surface area contributed by atoms with Crippen LogP contribution in [0.2, 0.25) is 0 Å². The first-order valence-electron chi connectivity index (χ1n) is 11.8. The zero-order valence-electron chi connectivity index (χ0n) is 18.8. The van der Waals surface area contributed by atoms with Gasteiger partial charge in [-0.25, -0.2) is 14.8 Å². The minimum Gasteiger partial charge on any atom is -0.352 e. The molecule has 4 N–H and O–H groups in total. The Bertz CT molecular complexity index is 1060. The van der Waals surface area contributed by atoms with E-state index in [2.05, 4.69) is 20.3 Å². The lowest BCUT2D eigenvalue weighted by Gasteiger charge is -2.41. The van der Waals surface area contributed by atoms with Gasteiger partial charge in [-0.05, 0) is 31.7 Å². The number of aromatic amines is 1. The van der Waals surface area contributed by atoms with Gasteiger partial charge in [0.2, 0.25) is 5.91 Å². The molecule has 2 aromatic heterocycles. The third-order valence-corrected chi connectivity index (χ3v) is 7.97. The molecule has 5 rings (SSSR count). The highest BCUT2D eigenvalue weighted by atomic mass is 16.2. The maximum Gasteiger partial charge on any atom is 0.312 e. The first kappa shape index (κ1) is 21.7. The fourth-order valence-electron chi connectivity index (χ4n) is 6.40. The van der Waals surface area contributed by atoms with Crippen LogP contribution in [0, 0.1) is 10.8 Å². The van der Waals surface area contributed by atoms with Crippen LogP contribution in [0.5, 0.6) is 0 Å². The van der Waals surface area contributed by atoms with E-state index in [0.717, 1.165) is 57.0 Å². The van der Waals surface area contributed by atoms with Gasteiger partial charge in [-0.15, -0.1) is 0 Å². The molecule has 10 heteroatoms. The van der Waals surface area contributed by atoms with Gasteiger partial charge in [-0.1, -0.05) is 12.8 Å². The molecule has 1 saturated carbocycles. The lowest BCUT2D eigenvalue weighted by atomic mass is 9.60. The summed E-state index contributed by atoms with van der Waals surface area (Å²) in [5, 5.41) is 3.31. The fraction of sp³-hybridized carbons (Fsp3) is 0.609. The van der Waals surface area contributed by atoms with Crippen molar-refractivity contribution in [3.63, 3.8) is 0 Å². The fourth-order valence-corrected chi connectivity index (χ4v) is 6.40. The number of likely N-dealkylation sites (tertiary alicyclic amines) is 2. The highest BCUT2D eigenvalue weighted by Crippen LogP contribution is 2.60. The summed E-state index contributed by atoms with van der Waals surface area (Å²) in [4.78, 5) is 52.8. The number of nitrogens with one attached hydrogen (secondary N) is 2. The molecule has 33 heavy (non-hydrogen) atoms. The number of carbonyl (C=O) groups excluding carboxylic acids is 3. The number of urea groups is 1. The predicted molar refractivity (Wildman–Crippen MR) is 121 cm³/mol. The molecule has 4 amide bonds. The van der Waals surface area contributed by atoms with Gasteiger partial charge in [0.05, 0.1) is 5.39 Å². The smallest absolute Gasteiger partial charge is 0.312 e. The second kappa shape index (κ2) is 8.31. The summed E-state index contributed by atoms with van der Waals surface area (Å²) >= 11 is 0. The zero-order valence-corrected chi connectivity index (χ0v) is 18.8. The van der Waals surface area contributed by atoms with Crippen molar-refractivity contribution in [3.05, 3.63) is 24.3 Å². The summed E-state index contributed by atoms with van der Waals surface area (Å²) in [7, 11) is 0. The molecule has 4 heterocycles. The Balaban J connectivity index is 1.28. The molecule has 0 aromatic carbocycles. The number of hydrogen-bond acceptors (Lipinski definition) is 5. The van der Waals surface area contributed by atoms with Gasteiger partial charge in [-0.2, -0.15) is 0 Å². The van der Waals surface area contributed by atoms with Crippen LogP contribution in [-0.2, 0) is 4.79 Å². The monoisotopic (exact) mass is 453 g/mol. The number of nitrogens with zero attached hydrogens (tertiary/aromatic N) is 4. The Labute approximate surface area is 192 Å². The first-order chi connectivity index (χ1) is 15.9. The average molecular weight is 454 g/mol. The van der Waals surface area contributed by atoms with E-state index in [1.807, 2.05) is 15.9 Å². The summed E-state index contributed by atoms with van der Waals surface area (Å²) in [6.45, 7) is 3.28. The number of nitrogens with two attached hydrogens (primary N) is 1. The highest BCUT2D eigenvalue weighted by Gasteiger charge is 2.64. The number of aromatic nitrogens is 3. The van der Waals surface area contributed by atoms with Crippen LogP contribution in [0.25, 0.3) is 11.0 Å². The van der Waals surface area contributed by atoms with E-state index >= 15 is 0 Å². The Hall–Kier alpha value is -3.17. The van der Waals surface area contributed by atoms with Crippen molar-refractivity contribution in [3.8, 4) is 0 Å². The lowest BCUT2D eigenvalue weighted by Crippen LogP contribution is -2.42. The van der Waals surface area contributed by atoms with E-state index < -0.39 is 6.03 Å².